The van der Waals surface area contributed by atoms with Crippen LogP contribution in [0.2, 0.25) is 0 Å². The van der Waals surface area contributed by atoms with Crippen LogP contribution in [0.1, 0.15) is 27.7 Å². The van der Waals surface area contributed by atoms with Crippen LogP contribution in [0.15, 0.2) is 69.8 Å². The number of fused-ring (bicyclic) bond motifs is 1. The molecule has 1 aromatic heterocycles. The standard InChI is InChI=1S/C22H22N2O5S3/c1-2-31(26,27)19-8-6-18(7-9-19)23-22(25)16-4-3-5-20(14-16)32(28,29)24-12-10-21-17(15-24)11-13-30-21/h3-9,11,13-14H,2,10,12,15H2,1H3,(H,23,25). The minimum Gasteiger partial charge on any atom is -0.322 e. The second kappa shape index (κ2) is 8.78. The first-order valence-electron chi connectivity index (χ1n) is 10.0. The molecule has 0 saturated heterocycles. The molecule has 1 amide bonds. The van der Waals surface area contributed by atoms with E-state index in [9.17, 15) is 21.6 Å². The Morgan fingerprint density at radius 3 is 2.50 bits per heavy atom. The Bertz CT molecular complexity index is 1360. The topological polar surface area (TPSA) is 101 Å². The van der Waals surface area contributed by atoms with Crippen LogP contribution in [-0.2, 0) is 32.8 Å². The maximum atomic E-state index is 13.2. The van der Waals surface area contributed by atoms with Crippen LogP contribution >= 0.6 is 11.3 Å². The van der Waals surface area contributed by atoms with E-state index >= 15 is 0 Å². The third-order valence-corrected chi connectivity index (χ3v) is 9.97. The molecule has 1 N–H and O–H groups in total. The van der Waals surface area contributed by atoms with Crippen molar-refractivity contribution < 1.29 is 21.6 Å². The zero-order valence-corrected chi connectivity index (χ0v) is 19.8. The summed E-state index contributed by atoms with van der Waals surface area (Å²) in [5.41, 5.74) is 1.64. The molecule has 0 bridgehead atoms. The van der Waals surface area contributed by atoms with Gasteiger partial charge in [-0.05, 0) is 65.9 Å². The molecule has 3 aromatic rings. The van der Waals surface area contributed by atoms with Crippen LogP contribution in [0.5, 0.6) is 0 Å². The minimum atomic E-state index is -3.75. The van der Waals surface area contributed by atoms with Crippen LogP contribution in [-0.4, -0.2) is 39.3 Å². The van der Waals surface area contributed by atoms with E-state index in [1.807, 2.05) is 11.4 Å². The van der Waals surface area contributed by atoms with Gasteiger partial charge < -0.3 is 5.32 Å². The number of amides is 1. The molecule has 10 heteroatoms. The van der Waals surface area contributed by atoms with Gasteiger partial charge in [-0.15, -0.1) is 11.3 Å². The number of carbonyl (C=O) groups excluding carboxylic acids is 1. The SMILES string of the molecule is CCS(=O)(=O)c1ccc(NC(=O)c2cccc(S(=O)(=O)N3CCc4sccc4C3)c2)cc1. The maximum Gasteiger partial charge on any atom is 0.255 e. The Morgan fingerprint density at radius 2 is 1.78 bits per heavy atom. The second-order valence-corrected chi connectivity index (χ2v) is 12.6. The summed E-state index contributed by atoms with van der Waals surface area (Å²) in [5.74, 6) is -0.489. The Hall–Kier alpha value is -2.53. The van der Waals surface area contributed by atoms with E-state index in [-0.39, 0.29) is 21.1 Å². The molecule has 0 saturated carbocycles. The number of hydrogen-bond acceptors (Lipinski definition) is 6. The first-order valence-corrected chi connectivity index (χ1v) is 14.0. The van der Waals surface area contributed by atoms with Gasteiger partial charge in [0.1, 0.15) is 0 Å². The summed E-state index contributed by atoms with van der Waals surface area (Å²) in [5, 5.41) is 4.65. The number of carbonyl (C=O) groups is 1. The molecule has 7 nitrogen and oxygen atoms in total. The van der Waals surface area contributed by atoms with Crippen molar-refractivity contribution >= 4 is 42.8 Å². The molecule has 0 radical (unpaired) electrons. The van der Waals surface area contributed by atoms with Crippen molar-refractivity contribution in [2.45, 2.75) is 29.7 Å². The van der Waals surface area contributed by atoms with E-state index in [0.29, 0.717) is 25.2 Å². The first-order chi connectivity index (χ1) is 15.2. The molecule has 1 aliphatic heterocycles. The normalized spacial score (nSPS) is 14.7. The summed E-state index contributed by atoms with van der Waals surface area (Å²) < 4.78 is 51.6. The van der Waals surface area contributed by atoms with Crippen molar-refractivity contribution in [3.63, 3.8) is 0 Å². The predicted octanol–water partition coefficient (Wildman–Crippen LogP) is 3.54. The van der Waals surface area contributed by atoms with E-state index in [1.165, 1.54) is 51.6 Å². The van der Waals surface area contributed by atoms with Gasteiger partial charge in [-0.3, -0.25) is 4.79 Å². The number of sulfonamides is 1. The summed E-state index contributed by atoms with van der Waals surface area (Å²) in [6.07, 6.45) is 0.677. The molecule has 2 aromatic carbocycles. The number of thiophene rings is 1. The van der Waals surface area contributed by atoms with Crippen LogP contribution in [0.25, 0.3) is 0 Å². The van der Waals surface area contributed by atoms with Gasteiger partial charge in [-0.25, -0.2) is 16.8 Å². The third kappa shape index (κ3) is 4.49. The molecule has 32 heavy (non-hydrogen) atoms. The molecule has 2 heterocycles. The monoisotopic (exact) mass is 490 g/mol. The van der Waals surface area contributed by atoms with Gasteiger partial charge in [0.15, 0.2) is 9.84 Å². The molecular weight excluding hydrogens is 468 g/mol. The molecule has 0 spiro atoms. The molecule has 0 unspecified atom stereocenters. The fourth-order valence-electron chi connectivity index (χ4n) is 3.49. The summed E-state index contributed by atoms with van der Waals surface area (Å²) in [4.78, 5) is 14.2. The highest BCUT2D eigenvalue weighted by molar-refractivity contribution is 7.91. The van der Waals surface area contributed by atoms with E-state index < -0.39 is 25.8 Å². The lowest BCUT2D eigenvalue weighted by molar-refractivity contribution is 0.102. The highest BCUT2D eigenvalue weighted by Crippen LogP contribution is 2.28. The third-order valence-electron chi connectivity index (χ3n) is 5.36. The number of rotatable bonds is 6. The van der Waals surface area contributed by atoms with Crippen molar-refractivity contribution in [3.05, 3.63) is 76.0 Å². The molecule has 168 valence electrons. The molecular formula is C22H22N2O5S3. The minimum absolute atomic E-state index is 0.00921. The second-order valence-electron chi connectivity index (χ2n) is 7.37. The van der Waals surface area contributed by atoms with E-state index in [4.69, 9.17) is 0 Å². The van der Waals surface area contributed by atoms with Gasteiger partial charge in [-0.2, -0.15) is 4.31 Å². The van der Waals surface area contributed by atoms with Crippen LogP contribution in [0.3, 0.4) is 0 Å². The number of nitrogens with one attached hydrogen (secondary N) is 1. The van der Waals surface area contributed by atoms with E-state index in [2.05, 4.69) is 5.32 Å². The van der Waals surface area contributed by atoms with E-state index in [1.54, 1.807) is 24.3 Å². The number of benzene rings is 2. The first kappa shape index (κ1) is 22.7. The van der Waals surface area contributed by atoms with Crippen molar-refractivity contribution in [1.82, 2.24) is 4.31 Å². The number of sulfone groups is 1. The lowest BCUT2D eigenvalue weighted by atomic mass is 10.1. The van der Waals surface area contributed by atoms with Crippen molar-refractivity contribution in [2.24, 2.45) is 0 Å². The van der Waals surface area contributed by atoms with Crippen LogP contribution in [0, 0.1) is 0 Å². The maximum absolute atomic E-state index is 13.2. The summed E-state index contributed by atoms with van der Waals surface area (Å²) in [6, 6.07) is 13.8. The zero-order valence-electron chi connectivity index (χ0n) is 17.3. The van der Waals surface area contributed by atoms with Gasteiger partial charge in [0.2, 0.25) is 10.0 Å². The fraction of sp³-hybridized carbons (Fsp3) is 0.227. The Kier molecular flexibility index (Phi) is 6.22. The van der Waals surface area contributed by atoms with Crippen molar-refractivity contribution in [2.75, 3.05) is 17.6 Å². The lowest BCUT2D eigenvalue weighted by Gasteiger charge is -2.26. The zero-order chi connectivity index (χ0) is 22.9. The predicted molar refractivity (Wildman–Crippen MR) is 124 cm³/mol. The average Bonchev–Trinajstić information content (AvgIpc) is 3.27. The smallest absolute Gasteiger partial charge is 0.255 e. The largest absolute Gasteiger partial charge is 0.322 e. The van der Waals surface area contributed by atoms with Crippen molar-refractivity contribution in [3.8, 4) is 0 Å². The number of anilines is 1. The highest BCUT2D eigenvalue weighted by Gasteiger charge is 2.29. The van der Waals surface area contributed by atoms with Gasteiger partial charge >= 0.3 is 0 Å². The van der Waals surface area contributed by atoms with E-state index in [0.717, 1.165) is 5.56 Å². The molecule has 4 rings (SSSR count). The quantitative estimate of drug-likeness (QED) is 0.570. The fourth-order valence-corrected chi connectivity index (χ4v) is 6.73. The van der Waals surface area contributed by atoms with Crippen LogP contribution in [0.4, 0.5) is 5.69 Å². The summed E-state index contributed by atoms with van der Waals surface area (Å²) >= 11 is 1.64. The van der Waals surface area contributed by atoms with Crippen LogP contribution < -0.4 is 5.32 Å². The average molecular weight is 491 g/mol. The van der Waals surface area contributed by atoms with Gasteiger partial charge in [0, 0.05) is 29.2 Å². The summed E-state index contributed by atoms with van der Waals surface area (Å²) in [6.45, 7) is 2.29. The Morgan fingerprint density at radius 1 is 1.03 bits per heavy atom. The molecule has 1 aliphatic rings. The molecule has 0 atom stereocenters. The van der Waals surface area contributed by atoms with Gasteiger partial charge in [0.25, 0.3) is 5.91 Å². The number of hydrogen-bond donors (Lipinski definition) is 1. The Balaban J connectivity index is 1.52. The number of nitrogens with zero attached hydrogens (tertiary/aromatic N) is 1. The Labute approximate surface area is 191 Å². The van der Waals surface area contributed by atoms with Crippen molar-refractivity contribution in [1.29, 1.82) is 0 Å². The lowest BCUT2D eigenvalue weighted by Crippen LogP contribution is -2.35. The van der Waals surface area contributed by atoms with Gasteiger partial charge in [-0.1, -0.05) is 13.0 Å². The molecule has 0 aliphatic carbocycles. The highest BCUT2D eigenvalue weighted by atomic mass is 32.2. The molecule has 0 fully saturated rings. The summed E-state index contributed by atoms with van der Waals surface area (Å²) in [7, 11) is -7.07. The van der Waals surface area contributed by atoms with Gasteiger partial charge in [0.05, 0.1) is 15.5 Å².